The summed E-state index contributed by atoms with van der Waals surface area (Å²) >= 11 is 6.07. The van der Waals surface area contributed by atoms with Crippen molar-refractivity contribution in [1.82, 2.24) is 4.57 Å². The second-order valence-electron chi connectivity index (χ2n) is 5.29. The van der Waals surface area contributed by atoms with Gasteiger partial charge >= 0.3 is 5.97 Å². The first kappa shape index (κ1) is 16.9. The standard InChI is InChI=1S/C18H14ClNO5/c1-20-13-9-10(25-14-6-4-3-5-12(14)19)7-8-11(13)16(21)15(17(20)22)18(23)24-2/h3-9,21H,1-2H3. The van der Waals surface area contributed by atoms with Crippen LogP contribution in [0.3, 0.4) is 0 Å². The second kappa shape index (κ2) is 6.49. The first-order valence-corrected chi connectivity index (χ1v) is 7.68. The van der Waals surface area contributed by atoms with Crippen molar-refractivity contribution in [3.63, 3.8) is 0 Å². The van der Waals surface area contributed by atoms with Crippen molar-refractivity contribution in [1.29, 1.82) is 0 Å². The average Bonchev–Trinajstić information content (AvgIpc) is 2.61. The van der Waals surface area contributed by atoms with Crippen LogP contribution in [0.1, 0.15) is 10.4 Å². The summed E-state index contributed by atoms with van der Waals surface area (Å²) in [6.45, 7) is 0. The van der Waals surface area contributed by atoms with E-state index in [0.29, 0.717) is 27.4 Å². The van der Waals surface area contributed by atoms with E-state index >= 15 is 0 Å². The normalized spacial score (nSPS) is 10.7. The highest BCUT2D eigenvalue weighted by atomic mass is 35.5. The topological polar surface area (TPSA) is 77.8 Å². The predicted octanol–water partition coefficient (Wildman–Crippen LogP) is 3.48. The van der Waals surface area contributed by atoms with Crippen LogP contribution in [0.4, 0.5) is 0 Å². The first-order chi connectivity index (χ1) is 11.9. The fraction of sp³-hybridized carbons (Fsp3) is 0.111. The van der Waals surface area contributed by atoms with Crippen LogP contribution in [-0.2, 0) is 11.8 Å². The molecule has 0 spiro atoms. The number of nitrogens with zero attached hydrogens (tertiary/aromatic N) is 1. The summed E-state index contributed by atoms with van der Waals surface area (Å²) in [5, 5.41) is 11.1. The van der Waals surface area contributed by atoms with E-state index in [1.165, 1.54) is 11.6 Å². The second-order valence-corrected chi connectivity index (χ2v) is 5.70. The number of ether oxygens (including phenoxy) is 2. The molecule has 1 aromatic heterocycles. The van der Waals surface area contributed by atoms with E-state index < -0.39 is 22.8 Å². The Kier molecular flexibility index (Phi) is 4.37. The minimum atomic E-state index is -0.892. The van der Waals surface area contributed by atoms with Crippen molar-refractivity contribution in [2.75, 3.05) is 7.11 Å². The molecule has 0 radical (unpaired) electrons. The van der Waals surface area contributed by atoms with Crippen LogP contribution in [0, 0.1) is 0 Å². The Balaban J connectivity index is 2.16. The number of carbonyl (C=O) groups is 1. The Labute approximate surface area is 147 Å². The van der Waals surface area contributed by atoms with Gasteiger partial charge in [0.25, 0.3) is 5.56 Å². The molecular weight excluding hydrogens is 346 g/mol. The number of aromatic nitrogens is 1. The highest BCUT2D eigenvalue weighted by molar-refractivity contribution is 6.32. The molecule has 0 aliphatic rings. The van der Waals surface area contributed by atoms with Gasteiger partial charge in [0.05, 0.1) is 17.6 Å². The number of aryl methyl sites for hydroxylation is 1. The molecule has 0 aliphatic carbocycles. The number of hydrogen-bond acceptors (Lipinski definition) is 5. The lowest BCUT2D eigenvalue weighted by Gasteiger charge is -2.13. The molecule has 25 heavy (non-hydrogen) atoms. The maximum absolute atomic E-state index is 12.4. The van der Waals surface area contributed by atoms with E-state index in [0.717, 1.165) is 7.11 Å². The molecule has 0 unspecified atom stereocenters. The van der Waals surface area contributed by atoms with E-state index in [1.54, 1.807) is 42.5 Å². The number of aromatic hydroxyl groups is 1. The van der Waals surface area contributed by atoms with Gasteiger partial charge in [-0.2, -0.15) is 0 Å². The Hall–Kier alpha value is -2.99. The predicted molar refractivity (Wildman–Crippen MR) is 93.7 cm³/mol. The van der Waals surface area contributed by atoms with E-state index in [1.807, 2.05) is 0 Å². The molecule has 0 atom stereocenters. The molecular formula is C18H14ClNO5. The van der Waals surface area contributed by atoms with Crippen LogP contribution >= 0.6 is 11.6 Å². The highest BCUT2D eigenvalue weighted by Crippen LogP contribution is 2.33. The van der Waals surface area contributed by atoms with Gasteiger partial charge in [-0.25, -0.2) is 4.79 Å². The molecule has 1 N–H and O–H groups in total. The molecule has 0 saturated carbocycles. The lowest BCUT2D eigenvalue weighted by Crippen LogP contribution is -2.25. The van der Waals surface area contributed by atoms with E-state index in [-0.39, 0.29) is 0 Å². The highest BCUT2D eigenvalue weighted by Gasteiger charge is 2.22. The van der Waals surface area contributed by atoms with Gasteiger partial charge in [0.15, 0.2) is 5.56 Å². The molecule has 7 heteroatoms. The van der Waals surface area contributed by atoms with Gasteiger partial charge in [-0.3, -0.25) is 4.79 Å². The summed E-state index contributed by atoms with van der Waals surface area (Å²) in [6.07, 6.45) is 0. The van der Waals surface area contributed by atoms with Crippen LogP contribution in [-0.4, -0.2) is 22.8 Å². The van der Waals surface area contributed by atoms with Crippen LogP contribution in [0.2, 0.25) is 5.02 Å². The average molecular weight is 360 g/mol. The van der Waals surface area contributed by atoms with Crippen LogP contribution in [0.25, 0.3) is 10.9 Å². The number of esters is 1. The van der Waals surface area contributed by atoms with Crippen LogP contribution in [0.5, 0.6) is 17.2 Å². The summed E-state index contributed by atoms with van der Waals surface area (Å²) in [7, 11) is 2.64. The van der Waals surface area contributed by atoms with Crippen LogP contribution < -0.4 is 10.3 Å². The minimum Gasteiger partial charge on any atom is -0.506 e. The molecule has 2 aromatic carbocycles. The molecule has 0 bridgehead atoms. The Morgan fingerprint density at radius 3 is 2.60 bits per heavy atom. The van der Waals surface area contributed by atoms with Gasteiger partial charge in [0.2, 0.25) is 0 Å². The summed E-state index contributed by atoms with van der Waals surface area (Å²) in [5.74, 6) is -0.421. The fourth-order valence-corrected chi connectivity index (χ4v) is 2.68. The largest absolute Gasteiger partial charge is 0.506 e. The van der Waals surface area contributed by atoms with Gasteiger partial charge in [0, 0.05) is 18.5 Å². The molecule has 3 aromatic rings. The number of methoxy groups -OCH3 is 1. The number of fused-ring (bicyclic) bond motifs is 1. The zero-order chi connectivity index (χ0) is 18.1. The molecule has 0 amide bonds. The summed E-state index contributed by atoms with van der Waals surface area (Å²) in [5.41, 5.74) is -0.663. The lowest BCUT2D eigenvalue weighted by atomic mass is 10.1. The molecule has 1 heterocycles. The van der Waals surface area contributed by atoms with Crippen LogP contribution in [0.15, 0.2) is 47.3 Å². The van der Waals surface area contributed by atoms with Gasteiger partial charge in [0.1, 0.15) is 17.2 Å². The van der Waals surface area contributed by atoms with Crippen molar-refractivity contribution < 1.29 is 19.4 Å². The summed E-state index contributed by atoms with van der Waals surface area (Å²) in [6, 6.07) is 11.7. The van der Waals surface area contributed by atoms with Crippen molar-refractivity contribution in [3.05, 3.63) is 63.4 Å². The number of rotatable bonds is 3. The van der Waals surface area contributed by atoms with E-state index in [9.17, 15) is 14.7 Å². The first-order valence-electron chi connectivity index (χ1n) is 7.30. The van der Waals surface area contributed by atoms with Crippen molar-refractivity contribution >= 4 is 28.5 Å². The van der Waals surface area contributed by atoms with Gasteiger partial charge < -0.3 is 19.1 Å². The number of halogens is 1. The van der Waals surface area contributed by atoms with E-state index in [4.69, 9.17) is 16.3 Å². The zero-order valence-electron chi connectivity index (χ0n) is 13.4. The number of para-hydroxylation sites is 1. The maximum atomic E-state index is 12.4. The molecule has 0 fully saturated rings. The Bertz CT molecular complexity index is 1040. The van der Waals surface area contributed by atoms with Crippen molar-refractivity contribution in [2.45, 2.75) is 0 Å². The number of benzene rings is 2. The summed E-state index contributed by atoms with van der Waals surface area (Å²) < 4.78 is 11.5. The molecule has 128 valence electrons. The fourth-order valence-electron chi connectivity index (χ4n) is 2.51. The third-order valence-corrected chi connectivity index (χ3v) is 4.11. The van der Waals surface area contributed by atoms with Crippen molar-refractivity contribution in [3.8, 4) is 17.2 Å². The van der Waals surface area contributed by atoms with Gasteiger partial charge in [-0.15, -0.1) is 0 Å². The Morgan fingerprint density at radius 2 is 1.92 bits per heavy atom. The monoisotopic (exact) mass is 359 g/mol. The van der Waals surface area contributed by atoms with Gasteiger partial charge in [-0.05, 0) is 24.3 Å². The molecule has 3 rings (SSSR count). The summed E-state index contributed by atoms with van der Waals surface area (Å²) in [4.78, 5) is 24.1. The number of carbonyl (C=O) groups excluding carboxylic acids is 1. The molecule has 0 saturated heterocycles. The third kappa shape index (κ3) is 2.92. The lowest BCUT2D eigenvalue weighted by molar-refractivity contribution is 0.0595. The molecule has 0 aliphatic heterocycles. The number of hydrogen-bond donors (Lipinski definition) is 1. The smallest absolute Gasteiger partial charge is 0.347 e. The molecule has 6 nitrogen and oxygen atoms in total. The van der Waals surface area contributed by atoms with E-state index in [2.05, 4.69) is 4.74 Å². The quantitative estimate of drug-likeness (QED) is 0.724. The number of pyridine rings is 1. The minimum absolute atomic E-state index is 0.328. The SMILES string of the molecule is COC(=O)c1c(O)c2ccc(Oc3ccccc3Cl)cc2n(C)c1=O. The third-order valence-electron chi connectivity index (χ3n) is 3.79. The van der Waals surface area contributed by atoms with Crippen molar-refractivity contribution in [2.24, 2.45) is 7.05 Å². The Morgan fingerprint density at radius 1 is 1.20 bits per heavy atom. The van der Waals surface area contributed by atoms with Gasteiger partial charge in [-0.1, -0.05) is 23.7 Å². The maximum Gasteiger partial charge on any atom is 0.347 e. The zero-order valence-corrected chi connectivity index (χ0v) is 14.2.